The summed E-state index contributed by atoms with van der Waals surface area (Å²) in [6.07, 6.45) is 48.2. The number of carboxylic acids is 1. The van der Waals surface area contributed by atoms with Crippen LogP contribution >= 0.6 is 0 Å². The van der Waals surface area contributed by atoms with E-state index >= 15 is 0 Å². The molecule has 12 heteroatoms. The van der Waals surface area contributed by atoms with E-state index in [0.717, 1.165) is 89.9 Å². The number of carboxylic acid groups (broad SMARTS) is 1. The van der Waals surface area contributed by atoms with Crippen LogP contribution in [0.1, 0.15) is 201 Å². The molecule has 0 aliphatic carbocycles. The summed E-state index contributed by atoms with van der Waals surface area (Å²) in [5.41, 5.74) is 0. The summed E-state index contributed by atoms with van der Waals surface area (Å²) in [4.78, 5) is 50.9. The number of rotatable bonds is 44. The van der Waals surface area contributed by atoms with E-state index in [2.05, 4.69) is 118 Å². The first kappa shape index (κ1) is 64.7. The van der Waals surface area contributed by atoms with Gasteiger partial charge < -0.3 is 39.0 Å². The maximum atomic E-state index is 13.1. The van der Waals surface area contributed by atoms with Crippen LogP contribution in [-0.4, -0.2) is 89.2 Å². The SMILES string of the molecule is CC/C=C\C/C=C\C/C=C\C/C=C\CCCCC(=O)OCC(COC1OC(C(=O)O)C(O)C(O)C1OC(=O)CCCC/C=C\C/C=C\C/C=C\C/C=C\CC)OC(=O)CCCCCCCCCCCCC. The van der Waals surface area contributed by atoms with Gasteiger partial charge in [0.25, 0.3) is 0 Å². The van der Waals surface area contributed by atoms with E-state index in [4.69, 9.17) is 23.7 Å². The molecule has 1 heterocycles. The molecule has 0 aromatic rings. The molecular weight excluding hydrogens is 901 g/mol. The molecule has 1 aliphatic rings. The third-order valence-corrected chi connectivity index (χ3v) is 11.7. The average Bonchev–Trinajstić information content (AvgIpc) is 3.35. The minimum absolute atomic E-state index is 0.000591. The summed E-state index contributed by atoms with van der Waals surface area (Å²) in [5, 5.41) is 31.4. The van der Waals surface area contributed by atoms with Gasteiger partial charge >= 0.3 is 23.9 Å². The highest BCUT2D eigenvalue weighted by atomic mass is 16.7. The molecule has 1 saturated heterocycles. The quantitative estimate of drug-likeness (QED) is 0.0228. The smallest absolute Gasteiger partial charge is 0.335 e. The summed E-state index contributed by atoms with van der Waals surface area (Å²) in [7, 11) is 0. The Bertz CT molecular complexity index is 1610. The lowest BCUT2D eigenvalue weighted by Gasteiger charge is -2.40. The van der Waals surface area contributed by atoms with Crippen molar-refractivity contribution in [2.45, 2.75) is 237 Å². The van der Waals surface area contributed by atoms with Crippen LogP contribution < -0.4 is 0 Å². The zero-order chi connectivity index (χ0) is 51.8. The molecule has 0 spiro atoms. The lowest BCUT2D eigenvalue weighted by atomic mass is 9.98. The van der Waals surface area contributed by atoms with E-state index in [1.54, 1.807) is 0 Å². The van der Waals surface area contributed by atoms with Crippen molar-refractivity contribution in [1.82, 2.24) is 0 Å². The van der Waals surface area contributed by atoms with Gasteiger partial charge in [-0.15, -0.1) is 0 Å². The van der Waals surface area contributed by atoms with Crippen molar-refractivity contribution in [3.8, 4) is 0 Å². The fourth-order valence-electron chi connectivity index (χ4n) is 7.52. The molecule has 0 aromatic heterocycles. The van der Waals surface area contributed by atoms with Crippen LogP contribution in [0.15, 0.2) is 97.2 Å². The van der Waals surface area contributed by atoms with E-state index < -0.39 is 67.3 Å². The van der Waals surface area contributed by atoms with Gasteiger partial charge in [-0.1, -0.05) is 182 Å². The molecule has 0 amide bonds. The Kier molecular flexibility index (Phi) is 42.5. The molecule has 0 saturated carbocycles. The first-order valence-electron chi connectivity index (χ1n) is 27.2. The van der Waals surface area contributed by atoms with E-state index in [0.29, 0.717) is 25.7 Å². The van der Waals surface area contributed by atoms with Crippen LogP contribution in [-0.2, 0) is 42.9 Å². The third-order valence-electron chi connectivity index (χ3n) is 11.7. The number of esters is 3. The second-order valence-corrected chi connectivity index (χ2v) is 18.1. The number of aliphatic hydroxyl groups is 2. The van der Waals surface area contributed by atoms with Gasteiger partial charge in [0.15, 0.2) is 24.6 Å². The lowest BCUT2D eigenvalue weighted by molar-refractivity contribution is -0.301. The summed E-state index contributed by atoms with van der Waals surface area (Å²) in [5.74, 6) is -3.24. The highest BCUT2D eigenvalue weighted by Gasteiger charge is 2.50. The topological polar surface area (TPSA) is 175 Å². The van der Waals surface area contributed by atoms with Crippen LogP contribution in [0.5, 0.6) is 0 Å². The van der Waals surface area contributed by atoms with E-state index in [1.807, 2.05) is 0 Å². The molecule has 402 valence electrons. The Labute approximate surface area is 428 Å². The first-order chi connectivity index (χ1) is 34.6. The highest BCUT2D eigenvalue weighted by molar-refractivity contribution is 5.74. The maximum absolute atomic E-state index is 13.1. The normalized spacial score (nSPS) is 19.3. The molecule has 71 heavy (non-hydrogen) atoms. The number of unbranched alkanes of at least 4 members (excludes halogenated alkanes) is 14. The van der Waals surface area contributed by atoms with Crippen molar-refractivity contribution in [2.75, 3.05) is 13.2 Å². The van der Waals surface area contributed by atoms with Gasteiger partial charge in [0.1, 0.15) is 18.8 Å². The number of allylic oxidation sites excluding steroid dienone is 16. The molecule has 0 aromatic carbocycles. The van der Waals surface area contributed by atoms with Crippen molar-refractivity contribution < 1.29 is 58.2 Å². The molecule has 0 radical (unpaired) electrons. The van der Waals surface area contributed by atoms with E-state index in [9.17, 15) is 34.5 Å². The second kappa shape index (κ2) is 46.7. The molecule has 1 aliphatic heterocycles. The molecule has 6 atom stereocenters. The maximum Gasteiger partial charge on any atom is 0.335 e. The average molecular weight is 995 g/mol. The molecule has 1 rings (SSSR count). The predicted molar refractivity (Wildman–Crippen MR) is 284 cm³/mol. The highest BCUT2D eigenvalue weighted by Crippen LogP contribution is 2.26. The zero-order valence-corrected chi connectivity index (χ0v) is 43.9. The molecular formula is C59H94O12. The zero-order valence-electron chi connectivity index (χ0n) is 43.9. The minimum atomic E-state index is -1.92. The number of ether oxygens (including phenoxy) is 5. The molecule has 0 bridgehead atoms. The number of carbonyl (C=O) groups is 4. The second-order valence-electron chi connectivity index (χ2n) is 18.1. The molecule has 3 N–H and O–H groups in total. The van der Waals surface area contributed by atoms with Gasteiger partial charge in [0.05, 0.1) is 6.61 Å². The fraction of sp³-hybridized carbons (Fsp3) is 0.661. The van der Waals surface area contributed by atoms with Crippen molar-refractivity contribution in [2.24, 2.45) is 0 Å². The summed E-state index contributed by atoms with van der Waals surface area (Å²) < 4.78 is 28.2. The number of hydrogen-bond acceptors (Lipinski definition) is 11. The van der Waals surface area contributed by atoms with Gasteiger partial charge in [-0.2, -0.15) is 0 Å². The first-order valence-corrected chi connectivity index (χ1v) is 27.2. The third kappa shape index (κ3) is 37.1. The number of carbonyl (C=O) groups excluding carboxylic acids is 3. The van der Waals surface area contributed by atoms with Crippen LogP contribution in [0.3, 0.4) is 0 Å². The molecule has 12 nitrogen and oxygen atoms in total. The lowest BCUT2D eigenvalue weighted by Crippen LogP contribution is -2.61. The monoisotopic (exact) mass is 995 g/mol. The number of hydrogen-bond donors (Lipinski definition) is 3. The fourth-order valence-corrected chi connectivity index (χ4v) is 7.52. The summed E-state index contributed by atoms with van der Waals surface area (Å²) in [6, 6.07) is 0. The number of aliphatic carboxylic acids is 1. The summed E-state index contributed by atoms with van der Waals surface area (Å²) in [6.45, 7) is 5.67. The van der Waals surface area contributed by atoms with Crippen LogP contribution in [0.4, 0.5) is 0 Å². The summed E-state index contributed by atoms with van der Waals surface area (Å²) >= 11 is 0. The van der Waals surface area contributed by atoms with Crippen molar-refractivity contribution in [3.63, 3.8) is 0 Å². The van der Waals surface area contributed by atoms with Gasteiger partial charge in [-0.25, -0.2) is 4.79 Å². The minimum Gasteiger partial charge on any atom is -0.479 e. The van der Waals surface area contributed by atoms with Crippen LogP contribution in [0.2, 0.25) is 0 Å². The standard InChI is InChI=1S/C59H94O12/c1-4-7-10-13-16-19-22-24-26-28-31-33-36-39-42-45-51(60)67-48-50(69-52(61)46-43-40-37-34-30-21-18-15-12-9-6-3)49-68-59-57(55(64)54(63)56(71-59)58(65)66)70-53(62)47-44-41-38-35-32-29-27-25-23-20-17-14-11-8-5-2/h7-8,10-11,16-17,19-20,24-27,31-33,35,50,54-57,59,63-64H,4-6,9,12-15,18,21-23,28-30,34,36-49H2,1-3H3,(H,65,66)/b10-7-,11-8-,19-16-,20-17-,26-24-,27-25-,33-31-,35-32-. The van der Waals surface area contributed by atoms with Gasteiger partial charge in [0, 0.05) is 19.3 Å². The van der Waals surface area contributed by atoms with Crippen molar-refractivity contribution >= 4 is 23.9 Å². The predicted octanol–water partition coefficient (Wildman–Crippen LogP) is 13.3. The van der Waals surface area contributed by atoms with Crippen molar-refractivity contribution in [3.05, 3.63) is 97.2 Å². The van der Waals surface area contributed by atoms with Crippen LogP contribution in [0, 0.1) is 0 Å². The number of aliphatic hydroxyl groups excluding tert-OH is 2. The van der Waals surface area contributed by atoms with Gasteiger partial charge in [-0.05, 0) is 96.3 Å². The molecule has 1 fully saturated rings. The van der Waals surface area contributed by atoms with Crippen LogP contribution in [0.25, 0.3) is 0 Å². The van der Waals surface area contributed by atoms with Gasteiger partial charge in [-0.3, -0.25) is 14.4 Å². The Morgan fingerprint density at radius 3 is 1.35 bits per heavy atom. The van der Waals surface area contributed by atoms with Gasteiger partial charge in [0.2, 0.25) is 0 Å². The Morgan fingerprint density at radius 2 is 0.887 bits per heavy atom. The van der Waals surface area contributed by atoms with Crippen molar-refractivity contribution in [1.29, 1.82) is 0 Å². The van der Waals surface area contributed by atoms with E-state index in [-0.39, 0.29) is 25.9 Å². The Hall–Kier alpha value is -4.36. The largest absolute Gasteiger partial charge is 0.479 e. The molecule has 6 unspecified atom stereocenters. The Morgan fingerprint density at radius 1 is 0.479 bits per heavy atom. The van der Waals surface area contributed by atoms with E-state index in [1.165, 1.54) is 44.9 Å². The Balaban J connectivity index is 2.77.